The van der Waals surface area contributed by atoms with Gasteiger partial charge in [0.2, 0.25) is 5.75 Å². The average molecular weight is 367 g/mol. The minimum atomic E-state index is -4.68. The second kappa shape index (κ2) is 5.92. The number of benzene rings is 1. The van der Waals surface area contributed by atoms with E-state index in [1.54, 1.807) is 0 Å². The highest BCUT2D eigenvalue weighted by Crippen LogP contribution is 2.34. The Hall–Kier alpha value is -1.81. The summed E-state index contributed by atoms with van der Waals surface area (Å²) in [6.45, 7) is 3.87. The van der Waals surface area contributed by atoms with Gasteiger partial charge < -0.3 is 9.29 Å². The molecular formula is C14H13F4NO4S. The molecule has 1 unspecified atom stereocenters. The highest BCUT2D eigenvalue weighted by molar-refractivity contribution is 7.91. The second-order valence-electron chi connectivity index (χ2n) is 5.69. The molecule has 2 amide bonds. The molecule has 1 aliphatic rings. The number of anilines is 1. The van der Waals surface area contributed by atoms with Crippen LogP contribution in [0.1, 0.15) is 19.4 Å². The summed E-state index contributed by atoms with van der Waals surface area (Å²) in [6.07, 6.45) is -5.84. The molecule has 1 aliphatic heterocycles. The Morgan fingerprint density at radius 3 is 2.33 bits per heavy atom. The van der Waals surface area contributed by atoms with Crippen LogP contribution in [0.25, 0.3) is 0 Å². The molecule has 2 rings (SSSR count). The SMILES string of the molecule is Cc1cc(F)c(N2C(=O)OC(C)(C)C2=O)cc1[S+]([O-])CC(F)(F)F. The standard InChI is InChI=1S/C14H13F4NO4S/c1-7-4-8(15)9(5-10(7)24(22)6-14(16,17)18)19-11(20)13(2,3)23-12(19)21/h4-5H,6H2,1-3H3. The topological polar surface area (TPSA) is 69.7 Å². The summed E-state index contributed by atoms with van der Waals surface area (Å²) in [4.78, 5) is 24.0. The van der Waals surface area contributed by atoms with Gasteiger partial charge in [-0.3, -0.25) is 4.79 Å². The van der Waals surface area contributed by atoms with Crippen molar-refractivity contribution in [1.82, 2.24) is 0 Å². The third kappa shape index (κ3) is 3.48. The van der Waals surface area contributed by atoms with E-state index in [1.807, 2.05) is 0 Å². The van der Waals surface area contributed by atoms with Crippen LogP contribution in [-0.2, 0) is 20.7 Å². The lowest BCUT2D eigenvalue weighted by Gasteiger charge is -2.18. The number of alkyl halides is 3. The third-order valence-corrected chi connectivity index (χ3v) is 4.79. The van der Waals surface area contributed by atoms with E-state index in [9.17, 15) is 31.7 Å². The van der Waals surface area contributed by atoms with Gasteiger partial charge in [0.25, 0.3) is 5.91 Å². The van der Waals surface area contributed by atoms with Gasteiger partial charge in [-0.1, -0.05) is 0 Å². The van der Waals surface area contributed by atoms with Crippen LogP contribution in [0.2, 0.25) is 0 Å². The molecule has 1 heterocycles. The lowest BCUT2D eigenvalue weighted by atomic mass is 10.1. The van der Waals surface area contributed by atoms with Crippen molar-refractivity contribution in [2.45, 2.75) is 37.4 Å². The Bertz CT molecular complexity index is 705. The molecular weight excluding hydrogens is 354 g/mol. The Balaban J connectivity index is 2.48. The van der Waals surface area contributed by atoms with Gasteiger partial charge in [0.05, 0.1) is 5.69 Å². The van der Waals surface area contributed by atoms with Crippen molar-refractivity contribution in [3.63, 3.8) is 0 Å². The number of carbonyl (C=O) groups excluding carboxylic acids is 2. The molecule has 1 fully saturated rings. The van der Waals surface area contributed by atoms with Crippen molar-refractivity contribution in [3.8, 4) is 0 Å². The summed E-state index contributed by atoms with van der Waals surface area (Å²) in [5.74, 6) is -3.51. The number of rotatable bonds is 3. The average Bonchev–Trinajstić information content (AvgIpc) is 2.57. The highest BCUT2D eigenvalue weighted by Gasteiger charge is 2.49. The normalized spacial score (nSPS) is 18.8. The fraction of sp³-hybridized carbons (Fsp3) is 0.429. The number of imide groups is 1. The number of hydrogen-bond donors (Lipinski definition) is 0. The number of carbonyl (C=O) groups is 2. The van der Waals surface area contributed by atoms with Crippen molar-refractivity contribution in [2.75, 3.05) is 10.7 Å². The summed E-state index contributed by atoms with van der Waals surface area (Å²) in [5.41, 5.74) is -2.11. The molecule has 0 radical (unpaired) electrons. The van der Waals surface area contributed by atoms with Gasteiger partial charge in [0.1, 0.15) is 5.82 Å². The van der Waals surface area contributed by atoms with E-state index in [0.717, 1.165) is 12.1 Å². The van der Waals surface area contributed by atoms with Crippen molar-refractivity contribution in [1.29, 1.82) is 0 Å². The number of ether oxygens (including phenoxy) is 1. The lowest BCUT2D eigenvalue weighted by Crippen LogP contribution is -2.36. The predicted octanol–water partition coefficient (Wildman–Crippen LogP) is 3.07. The molecule has 0 aromatic heterocycles. The second-order valence-corrected chi connectivity index (χ2v) is 7.11. The van der Waals surface area contributed by atoms with Gasteiger partial charge in [-0.2, -0.15) is 13.2 Å². The molecule has 0 aliphatic carbocycles. The van der Waals surface area contributed by atoms with E-state index in [0.29, 0.717) is 4.90 Å². The first kappa shape index (κ1) is 18.5. The Labute approximate surface area is 137 Å². The van der Waals surface area contributed by atoms with E-state index in [2.05, 4.69) is 0 Å². The van der Waals surface area contributed by atoms with Crippen molar-refractivity contribution in [2.24, 2.45) is 0 Å². The molecule has 0 spiro atoms. The van der Waals surface area contributed by atoms with Gasteiger partial charge >= 0.3 is 12.3 Å². The largest absolute Gasteiger partial charge is 0.611 e. The lowest BCUT2D eigenvalue weighted by molar-refractivity contribution is -0.127. The number of aryl methyl sites for hydroxylation is 1. The van der Waals surface area contributed by atoms with Gasteiger partial charge in [-0.25, -0.2) is 14.1 Å². The minimum absolute atomic E-state index is 0.0121. The maximum atomic E-state index is 14.2. The van der Waals surface area contributed by atoms with Crippen LogP contribution in [-0.4, -0.2) is 34.1 Å². The number of hydrogen-bond acceptors (Lipinski definition) is 4. The zero-order valence-electron chi connectivity index (χ0n) is 12.9. The molecule has 1 atom stereocenters. The number of halogens is 4. The first-order valence-corrected chi connectivity index (χ1v) is 7.98. The summed E-state index contributed by atoms with van der Waals surface area (Å²) in [5, 5.41) is 0. The summed E-state index contributed by atoms with van der Waals surface area (Å²) >= 11 is -2.51. The minimum Gasteiger partial charge on any atom is -0.611 e. The molecule has 1 aromatic carbocycles. The molecule has 24 heavy (non-hydrogen) atoms. The maximum absolute atomic E-state index is 14.2. The van der Waals surface area contributed by atoms with Crippen LogP contribution >= 0.6 is 0 Å². The zero-order chi connectivity index (χ0) is 18.4. The molecule has 0 bridgehead atoms. The third-order valence-electron chi connectivity index (χ3n) is 3.27. The van der Waals surface area contributed by atoms with E-state index >= 15 is 0 Å². The monoisotopic (exact) mass is 367 g/mol. The quantitative estimate of drug-likeness (QED) is 0.608. The Morgan fingerprint density at radius 2 is 1.88 bits per heavy atom. The molecule has 0 N–H and O–H groups in total. The van der Waals surface area contributed by atoms with Crippen LogP contribution in [0.5, 0.6) is 0 Å². The molecule has 10 heteroatoms. The fourth-order valence-corrected chi connectivity index (χ4v) is 3.27. The van der Waals surface area contributed by atoms with Crippen molar-refractivity contribution in [3.05, 3.63) is 23.5 Å². The van der Waals surface area contributed by atoms with Gasteiger partial charge in [-0.15, -0.1) is 0 Å². The summed E-state index contributed by atoms with van der Waals surface area (Å²) < 4.78 is 68.1. The van der Waals surface area contributed by atoms with Gasteiger partial charge in [0, 0.05) is 11.6 Å². The first-order chi connectivity index (χ1) is 10.8. The van der Waals surface area contributed by atoms with E-state index in [4.69, 9.17) is 4.74 Å². The smallest absolute Gasteiger partial charge is 0.433 e. The molecule has 132 valence electrons. The molecule has 0 saturated carbocycles. The van der Waals surface area contributed by atoms with Gasteiger partial charge in [0.15, 0.2) is 10.5 Å². The van der Waals surface area contributed by atoms with Crippen LogP contribution in [0, 0.1) is 12.7 Å². The molecule has 5 nitrogen and oxygen atoms in total. The maximum Gasteiger partial charge on any atom is 0.433 e. The van der Waals surface area contributed by atoms with E-state index < -0.39 is 52.2 Å². The predicted molar refractivity (Wildman–Crippen MR) is 76.5 cm³/mol. The molecule has 1 aromatic rings. The zero-order valence-corrected chi connectivity index (χ0v) is 13.7. The van der Waals surface area contributed by atoms with Crippen LogP contribution in [0.3, 0.4) is 0 Å². The van der Waals surface area contributed by atoms with Crippen molar-refractivity contribution >= 4 is 28.9 Å². The Morgan fingerprint density at radius 1 is 1.29 bits per heavy atom. The van der Waals surface area contributed by atoms with E-state index in [1.165, 1.54) is 20.8 Å². The first-order valence-electron chi connectivity index (χ1n) is 6.66. The van der Waals surface area contributed by atoms with Crippen LogP contribution < -0.4 is 4.90 Å². The molecule has 1 saturated heterocycles. The van der Waals surface area contributed by atoms with Gasteiger partial charge in [-0.05, 0) is 38.0 Å². The van der Waals surface area contributed by atoms with Crippen LogP contribution in [0.15, 0.2) is 17.0 Å². The van der Waals surface area contributed by atoms with E-state index in [-0.39, 0.29) is 10.5 Å². The summed E-state index contributed by atoms with van der Waals surface area (Å²) in [6, 6.07) is 1.64. The van der Waals surface area contributed by atoms with Crippen LogP contribution in [0.4, 0.5) is 28.0 Å². The number of nitrogens with zero attached hydrogens (tertiary/aromatic N) is 1. The fourth-order valence-electron chi connectivity index (χ4n) is 2.15. The number of cyclic esters (lactones) is 1. The number of amides is 2. The van der Waals surface area contributed by atoms with Crippen molar-refractivity contribution < 1.29 is 36.4 Å². The highest BCUT2D eigenvalue weighted by atomic mass is 32.2. The summed E-state index contributed by atoms with van der Waals surface area (Å²) in [7, 11) is 0. The Kier molecular flexibility index (Phi) is 4.57.